The third kappa shape index (κ3) is 4.86. The monoisotopic (exact) mass is 872 g/mol. The van der Waals surface area contributed by atoms with Gasteiger partial charge in [0.2, 0.25) is 0 Å². The maximum absolute atomic E-state index is 2.80. The first-order valence-electron chi connectivity index (χ1n) is 24.4. The van der Waals surface area contributed by atoms with E-state index in [0.717, 1.165) is 23.5 Å². The first-order chi connectivity index (χ1) is 33.2. The maximum Gasteiger partial charge on any atom is 0.333 e. The highest BCUT2D eigenvalue weighted by molar-refractivity contribution is 6.94. The molecule has 1 aliphatic carbocycles. The molecule has 0 saturated carbocycles. The molecular formula is C63H49BN4. The average Bonchev–Trinajstić information content (AvgIpc) is 4.01. The molecule has 0 amide bonds. The molecule has 0 unspecified atom stereocenters. The van der Waals surface area contributed by atoms with Gasteiger partial charge in [0.25, 0.3) is 0 Å². The predicted octanol–water partition coefficient (Wildman–Crippen LogP) is 15.3. The van der Waals surface area contributed by atoms with Crippen LogP contribution in [0.5, 0.6) is 0 Å². The summed E-state index contributed by atoms with van der Waals surface area (Å²) in [6.45, 7) is 12.1. The van der Waals surface area contributed by atoms with Crippen LogP contribution in [0.3, 0.4) is 0 Å². The van der Waals surface area contributed by atoms with E-state index >= 15 is 0 Å². The summed E-state index contributed by atoms with van der Waals surface area (Å²) >= 11 is 0. The molecule has 4 nitrogen and oxygen atoms in total. The van der Waals surface area contributed by atoms with E-state index in [1.807, 2.05) is 0 Å². The second-order valence-corrected chi connectivity index (χ2v) is 21.2. The van der Waals surface area contributed by atoms with E-state index in [-0.39, 0.29) is 17.7 Å². The highest BCUT2D eigenvalue weighted by atomic mass is 15.2. The molecule has 12 aromatic rings. The van der Waals surface area contributed by atoms with Gasteiger partial charge in [-0.3, -0.25) is 0 Å². The van der Waals surface area contributed by atoms with Crippen molar-refractivity contribution in [2.75, 3.05) is 9.71 Å². The Morgan fingerprint density at radius 2 is 1.04 bits per heavy atom. The highest BCUT2D eigenvalue weighted by Gasteiger charge is 2.47. The number of hydrogen-bond acceptors (Lipinski definition) is 2. The second kappa shape index (κ2) is 13.2. The largest absolute Gasteiger partial charge is 0.376 e. The van der Waals surface area contributed by atoms with Gasteiger partial charge in [0, 0.05) is 72.0 Å². The van der Waals surface area contributed by atoms with E-state index in [1.54, 1.807) is 0 Å². The first kappa shape index (κ1) is 38.4. The number of aryl methyl sites for hydroxylation is 1. The smallest absolute Gasteiger partial charge is 0.333 e. The third-order valence-electron chi connectivity index (χ3n) is 16.5. The zero-order chi connectivity index (χ0) is 45.4. The summed E-state index contributed by atoms with van der Waals surface area (Å²) in [5.41, 5.74) is 23.2. The maximum atomic E-state index is 2.80. The van der Waals surface area contributed by atoms with Gasteiger partial charge in [-0.15, -0.1) is 0 Å². The number of para-hydroxylation sites is 6. The van der Waals surface area contributed by atoms with Crippen LogP contribution in [0.4, 0.5) is 28.4 Å². The number of rotatable bonds is 4. The summed E-state index contributed by atoms with van der Waals surface area (Å²) in [6.07, 6.45) is 2.34. The van der Waals surface area contributed by atoms with E-state index in [4.69, 9.17) is 0 Å². The van der Waals surface area contributed by atoms with Gasteiger partial charge in [-0.05, 0) is 131 Å². The van der Waals surface area contributed by atoms with Crippen molar-refractivity contribution in [3.8, 4) is 16.8 Å². The molecule has 2 aliphatic heterocycles. The van der Waals surface area contributed by atoms with Gasteiger partial charge < -0.3 is 18.7 Å². The molecule has 0 N–H and O–H groups in total. The van der Waals surface area contributed by atoms with E-state index in [1.165, 1.54) is 122 Å². The van der Waals surface area contributed by atoms with Crippen LogP contribution in [-0.2, 0) is 10.8 Å². The standard InChI is InChI=1S/C63H49BN4/c1-38-33-48-49(63(4,5)32-31-62(48,2)3)37-54(38)68-55-36-46-43-24-13-16-29-52(43)66-53-30-17-14-25-45(53)58(61(46)66)57(55)47-34-41(65(39-19-8-6-9-20-39)40-21-10-7-11-22-40)35-56-59(47)64(68)50-27-18-26-44-42-23-12-15-28-51(42)67(56)60(44)50/h6-30,33-37H,31-32H2,1-5H3. The average molecular weight is 873 g/mol. The van der Waals surface area contributed by atoms with E-state index < -0.39 is 0 Å². The fourth-order valence-corrected chi connectivity index (χ4v) is 13.3. The molecule has 324 valence electrons. The van der Waals surface area contributed by atoms with Crippen LogP contribution in [0, 0.1) is 6.92 Å². The Morgan fingerprint density at radius 1 is 0.471 bits per heavy atom. The lowest BCUT2D eigenvalue weighted by Gasteiger charge is -2.46. The normalized spacial score (nSPS) is 15.5. The van der Waals surface area contributed by atoms with Crippen molar-refractivity contribution in [1.29, 1.82) is 0 Å². The van der Waals surface area contributed by atoms with Crippen LogP contribution >= 0.6 is 0 Å². The number of anilines is 5. The molecule has 5 heterocycles. The molecule has 3 aromatic heterocycles. The summed E-state index contributed by atoms with van der Waals surface area (Å²) in [4.78, 5) is 5.26. The molecule has 0 atom stereocenters. The lowest BCUT2D eigenvalue weighted by atomic mass is 9.43. The molecule has 9 aromatic carbocycles. The van der Waals surface area contributed by atoms with E-state index in [2.05, 4.69) is 235 Å². The van der Waals surface area contributed by atoms with Crippen LogP contribution in [0.1, 0.15) is 57.2 Å². The van der Waals surface area contributed by atoms with Crippen molar-refractivity contribution >= 4 is 106 Å². The number of benzene rings is 9. The van der Waals surface area contributed by atoms with Crippen LogP contribution in [0.15, 0.2) is 182 Å². The molecule has 0 radical (unpaired) electrons. The summed E-state index contributed by atoms with van der Waals surface area (Å²) in [5.74, 6) is 0. The van der Waals surface area contributed by atoms with Crippen LogP contribution in [0.2, 0.25) is 0 Å². The van der Waals surface area contributed by atoms with Gasteiger partial charge in [-0.2, -0.15) is 0 Å². The zero-order valence-electron chi connectivity index (χ0n) is 39.1. The van der Waals surface area contributed by atoms with Gasteiger partial charge >= 0.3 is 6.85 Å². The van der Waals surface area contributed by atoms with Crippen molar-refractivity contribution in [2.24, 2.45) is 0 Å². The fourth-order valence-electron chi connectivity index (χ4n) is 13.3. The zero-order valence-corrected chi connectivity index (χ0v) is 39.1. The molecule has 0 fully saturated rings. The Kier molecular flexibility index (Phi) is 7.46. The second-order valence-electron chi connectivity index (χ2n) is 21.2. The summed E-state index contributed by atoms with van der Waals surface area (Å²) in [6, 6.07) is 69.0. The Balaban J connectivity index is 1.17. The summed E-state index contributed by atoms with van der Waals surface area (Å²) in [5, 5.41) is 7.76. The first-order valence-corrected chi connectivity index (χ1v) is 24.4. The fraction of sp³-hybridized carbons (Fsp3) is 0.143. The Hall–Kier alpha value is -7.76. The van der Waals surface area contributed by atoms with Gasteiger partial charge in [0.15, 0.2) is 0 Å². The molecule has 0 saturated heterocycles. The SMILES string of the molecule is Cc1cc2c(cc1N1B3c4c(cc(N(c5ccccc5)c5ccccc5)cc4-n4c5ccccc5c5cccc3c54)-c3c1cc1c4ccccc4n4c5ccccc5c3c14)C(C)(C)CCC2(C)C. The van der Waals surface area contributed by atoms with E-state index in [0.29, 0.717) is 0 Å². The molecular weight excluding hydrogens is 824 g/mol. The number of hydrogen-bond donors (Lipinski definition) is 0. The minimum absolute atomic E-state index is 0.0334. The summed E-state index contributed by atoms with van der Waals surface area (Å²) in [7, 11) is 0. The van der Waals surface area contributed by atoms with Gasteiger partial charge in [-0.25, -0.2) is 0 Å². The Morgan fingerprint density at radius 3 is 1.74 bits per heavy atom. The number of aromatic nitrogens is 2. The minimum Gasteiger partial charge on any atom is -0.376 e. The van der Waals surface area contributed by atoms with Gasteiger partial charge in [0.1, 0.15) is 0 Å². The third-order valence-corrected chi connectivity index (χ3v) is 16.5. The van der Waals surface area contributed by atoms with Crippen LogP contribution < -0.4 is 20.6 Å². The van der Waals surface area contributed by atoms with Gasteiger partial charge in [0.05, 0.1) is 27.6 Å². The van der Waals surface area contributed by atoms with Crippen LogP contribution in [-0.4, -0.2) is 15.8 Å². The topological polar surface area (TPSA) is 15.8 Å². The van der Waals surface area contributed by atoms with Crippen LogP contribution in [0.25, 0.3) is 76.7 Å². The number of nitrogens with zero attached hydrogens (tertiary/aromatic N) is 4. The Bertz CT molecular complexity index is 4080. The lowest BCUT2D eigenvalue weighted by Crippen LogP contribution is -2.60. The van der Waals surface area contributed by atoms with Crippen molar-refractivity contribution in [1.82, 2.24) is 8.97 Å². The molecule has 5 heteroatoms. The molecule has 3 aliphatic rings. The van der Waals surface area contributed by atoms with Crippen molar-refractivity contribution in [2.45, 2.75) is 58.3 Å². The lowest BCUT2D eigenvalue weighted by molar-refractivity contribution is 0.332. The molecule has 68 heavy (non-hydrogen) atoms. The van der Waals surface area contributed by atoms with Crippen molar-refractivity contribution in [3.63, 3.8) is 0 Å². The quantitative estimate of drug-likeness (QED) is 0.164. The molecule has 0 spiro atoms. The Labute approximate surface area is 396 Å². The highest BCUT2D eigenvalue weighted by Crippen LogP contribution is 2.55. The van der Waals surface area contributed by atoms with Gasteiger partial charge in [-0.1, -0.05) is 143 Å². The summed E-state index contributed by atoms with van der Waals surface area (Å²) < 4.78 is 5.17. The predicted molar refractivity (Wildman–Crippen MR) is 289 cm³/mol. The minimum atomic E-state index is -0.116. The van der Waals surface area contributed by atoms with Crippen molar-refractivity contribution in [3.05, 3.63) is 199 Å². The number of fused-ring (bicyclic) bond motifs is 15. The molecule has 15 rings (SSSR count). The molecule has 0 bridgehead atoms. The van der Waals surface area contributed by atoms with E-state index in [9.17, 15) is 0 Å². The van der Waals surface area contributed by atoms with Crippen molar-refractivity contribution < 1.29 is 0 Å².